The van der Waals surface area contributed by atoms with Gasteiger partial charge in [0.25, 0.3) is 0 Å². The molecule has 0 unspecified atom stereocenters. The van der Waals surface area contributed by atoms with Crippen LogP contribution in [0, 0.1) is 0 Å². The summed E-state index contributed by atoms with van der Waals surface area (Å²) in [6.45, 7) is 4.23. The Kier molecular flexibility index (Phi) is 4.99. The fraction of sp³-hybridized carbons (Fsp3) is 0.571. The molecule has 1 fully saturated rings. The smallest absolute Gasteiger partial charge is 0.165 e. The first-order valence-electron chi connectivity index (χ1n) is 6.51. The van der Waals surface area contributed by atoms with Crippen molar-refractivity contribution in [2.24, 2.45) is 0 Å². The lowest BCUT2D eigenvalue weighted by atomic mass is 10.1. The van der Waals surface area contributed by atoms with Crippen LogP contribution < -0.4 is 14.8 Å². The molecular weight excluding hydrogens is 247 g/mol. The van der Waals surface area contributed by atoms with E-state index in [1.54, 1.807) is 20.3 Å². The van der Waals surface area contributed by atoms with Crippen molar-refractivity contribution in [1.82, 2.24) is 10.2 Å². The fourth-order valence-electron chi connectivity index (χ4n) is 2.41. The molecule has 0 amide bonds. The second-order valence-electron chi connectivity index (χ2n) is 4.65. The molecule has 0 spiro atoms. The molecule has 1 N–H and O–H groups in total. The molecule has 0 bridgehead atoms. The Bertz CT molecular complexity index is 420. The number of rotatable bonds is 5. The van der Waals surface area contributed by atoms with Gasteiger partial charge in [-0.2, -0.15) is 0 Å². The number of nitrogens with one attached hydrogen (secondary N) is 1. The van der Waals surface area contributed by atoms with Crippen LogP contribution in [0.3, 0.4) is 0 Å². The van der Waals surface area contributed by atoms with Gasteiger partial charge in [0.15, 0.2) is 11.5 Å². The van der Waals surface area contributed by atoms with Gasteiger partial charge < -0.3 is 14.8 Å². The first-order valence-corrected chi connectivity index (χ1v) is 6.51. The quantitative estimate of drug-likeness (QED) is 0.879. The van der Waals surface area contributed by atoms with Crippen LogP contribution in [0.5, 0.6) is 11.5 Å². The Morgan fingerprint density at radius 2 is 1.95 bits per heavy atom. The summed E-state index contributed by atoms with van der Waals surface area (Å²) < 4.78 is 23.6. The molecule has 1 heterocycles. The number of hydrogen-bond donors (Lipinski definition) is 1. The molecule has 1 aliphatic rings. The number of nitrogens with zero attached hydrogens (tertiary/aromatic N) is 1. The van der Waals surface area contributed by atoms with E-state index in [2.05, 4.69) is 10.2 Å². The van der Waals surface area contributed by atoms with Crippen molar-refractivity contribution in [2.75, 3.05) is 40.4 Å². The van der Waals surface area contributed by atoms with Gasteiger partial charge in [0, 0.05) is 38.3 Å². The minimum atomic E-state index is -0.491. The molecule has 4 nitrogen and oxygen atoms in total. The largest absolute Gasteiger partial charge is 0.493 e. The van der Waals surface area contributed by atoms with Gasteiger partial charge in [-0.05, 0) is 17.7 Å². The summed E-state index contributed by atoms with van der Waals surface area (Å²) in [4.78, 5) is 2.33. The minimum absolute atomic E-state index is 0.491. The molecule has 0 atom stereocenters. The zero-order valence-electron chi connectivity index (χ0n) is 11.5. The summed E-state index contributed by atoms with van der Waals surface area (Å²) in [6.07, 6.45) is 0. The molecule has 5 heteroatoms. The number of piperazine rings is 1. The SMILES string of the molecule is COc1cc(CF)cc(CN2CCNCC2)c1OC. The summed E-state index contributed by atoms with van der Waals surface area (Å²) in [5.41, 5.74) is 1.61. The topological polar surface area (TPSA) is 33.7 Å². The van der Waals surface area contributed by atoms with Crippen LogP contribution in [0.2, 0.25) is 0 Å². The van der Waals surface area contributed by atoms with E-state index in [1.807, 2.05) is 6.07 Å². The molecule has 19 heavy (non-hydrogen) atoms. The summed E-state index contributed by atoms with van der Waals surface area (Å²) in [5, 5.41) is 3.32. The van der Waals surface area contributed by atoms with Crippen molar-refractivity contribution in [3.63, 3.8) is 0 Å². The van der Waals surface area contributed by atoms with Gasteiger partial charge in [0.05, 0.1) is 14.2 Å². The highest BCUT2D eigenvalue weighted by Crippen LogP contribution is 2.33. The Hall–Kier alpha value is -1.33. The van der Waals surface area contributed by atoms with Gasteiger partial charge in [0.2, 0.25) is 0 Å². The maximum absolute atomic E-state index is 12.9. The van der Waals surface area contributed by atoms with Crippen LogP contribution >= 0.6 is 0 Å². The summed E-state index contributed by atoms with van der Waals surface area (Å²) in [6, 6.07) is 3.56. The highest BCUT2D eigenvalue weighted by Gasteiger charge is 2.16. The van der Waals surface area contributed by atoms with Crippen molar-refractivity contribution in [3.8, 4) is 11.5 Å². The minimum Gasteiger partial charge on any atom is -0.493 e. The van der Waals surface area contributed by atoms with Crippen LogP contribution in [0.4, 0.5) is 4.39 Å². The highest BCUT2D eigenvalue weighted by molar-refractivity contribution is 5.49. The Labute approximate surface area is 113 Å². The van der Waals surface area contributed by atoms with E-state index in [0.29, 0.717) is 17.1 Å². The number of methoxy groups -OCH3 is 2. The number of benzene rings is 1. The molecule has 0 aliphatic carbocycles. The van der Waals surface area contributed by atoms with E-state index in [0.717, 1.165) is 38.3 Å². The molecular formula is C14H21FN2O2. The van der Waals surface area contributed by atoms with Crippen molar-refractivity contribution in [1.29, 1.82) is 0 Å². The van der Waals surface area contributed by atoms with Crippen LogP contribution in [0.15, 0.2) is 12.1 Å². The van der Waals surface area contributed by atoms with E-state index in [1.165, 1.54) is 0 Å². The third-order valence-electron chi connectivity index (χ3n) is 3.37. The first kappa shape index (κ1) is 14.1. The Morgan fingerprint density at radius 1 is 1.21 bits per heavy atom. The highest BCUT2D eigenvalue weighted by atomic mass is 19.1. The van der Waals surface area contributed by atoms with Crippen molar-refractivity contribution >= 4 is 0 Å². The monoisotopic (exact) mass is 268 g/mol. The van der Waals surface area contributed by atoms with E-state index < -0.39 is 6.67 Å². The third kappa shape index (κ3) is 3.36. The molecule has 1 saturated heterocycles. The number of halogens is 1. The number of alkyl halides is 1. The third-order valence-corrected chi connectivity index (χ3v) is 3.37. The van der Waals surface area contributed by atoms with Gasteiger partial charge in [-0.1, -0.05) is 0 Å². The molecule has 0 aromatic heterocycles. The molecule has 1 aromatic rings. The van der Waals surface area contributed by atoms with E-state index in [-0.39, 0.29) is 0 Å². The maximum Gasteiger partial charge on any atom is 0.165 e. The zero-order valence-corrected chi connectivity index (χ0v) is 11.5. The Balaban J connectivity index is 2.25. The normalized spacial score (nSPS) is 16.4. The number of hydrogen-bond acceptors (Lipinski definition) is 4. The average molecular weight is 268 g/mol. The predicted molar refractivity (Wildman–Crippen MR) is 72.5 cm³/mol. The average Bonchev–Trinajstić information content (AvgIpc) is 2.47. The maximum atomic E-state index is 12.9. The van der Waals surface area contributed by atoms with Gasteiger partial charge in [-0.3, -0.25) is 4.90 Å². The number of ether oxygens (including phenoxy) is 2. The molecule has 0 radical (unpaired) electrons. The lowest BCUT2D eigenvalue weighted by molar-refractivity contribution is 0.229. The van der Waals surface area contributed by atoms with E-state index in [9.17, 15) is 4.39 Å². The summed E-state index contributed by atoms with van der Waals surface area (Å²) in [5.74, 6) is 1.31. The van der Waals surface area contributed by atoms with Gasteiger partial charge >= 0.3 is 0 Å². The van der Waals surface area contributed by atoms with Gasteiger partial charge in [0.1, 0.15) is 6.67 Å². The van der Waals surface area contributed by atoms with E-state index >= 15 is 0 Å². The molecule has 2 rings (SSSR count). The van der Waals surface area contributed by atoms with Crippen LogP contribution in [-0.2, 0) is 13.2 Å². The second kappa shape index (κ2) is 6.73. The van der Waals surface area contributed by atoms with Crippen molar-refractivity contribution in [3.05, 3.63) is 23.3 Å². The van der Waals surface area contributed by atoms with Crippen molar-refractivity contribution < 1.29 is 13.9 Å². The van der Waals surface area contributed by atoms with Crippen LogP contribution in [-0.4, -0.2) is 45.3 Å². The second-order valence-corrected chi connectivity index (χ2v) is 4.65. The summed E-state index contributed by atoms with van der Waals surface area (Å²) in [7, 11) is 3.20. The standard InChI is InChI=1S/C14H21FN2O2/c1-18-13-8-11(9-15)7-12(14(13)19-2)10-17-5-3-16-4-6-17/h7-8,16H,3-6,9-10H2,1-2H3. The zero-order chi connectivity index (χ0) is 13.7. The van der Waals surface area contributed by atoms with Crippen LogP contribution in [0.1, 0.15) is 11.1 Å². The van der Waals surface area contributed by atoms with Crippen molar-refractivity contribution in [2.45, 2.75) is 13.2 Å². The van der Waals surface area contributed by atoms with Gasteiger partial charge in [-0.25, -0.2) is 4.39 Å². The lowest BCUT2D eigenvalue weighted by Crippen LogP contribution is -2.42. The molecule has 106 valence electrons. The summed E-state index contributed by atoms with van der Waals surface area (Å²) >= 11 is 0. The van der Waals surface area contributed by atoms with E-state index in [4.69, 9.17) is 9.47 Å². The Morgan fingerprint density at radius 3 is 2.53 bits per heavy atom. The fourth-order valence-corrected chi connectivity index (χ4v) is 2.41. The molecule has 1 aromatic carbocycles. The molecule has 1 aliphatic heterocycles. The predicted octanol–water partition coefficient (Wildman–Crippen LogP) is 1.58. The van der Waals surface area contributed by atoms with Crippen LogP contribution in [0.25, 0.3) is 0 Å². The first-order chi connectivity index (χ1) is 9.28. The van der Waals surface area contributed by atoms with Gasteiger partial charge in [-0.15, -0.1) is 0 Å². The molecule has 0 saturated carbocycles. The lowest BCUT2D eigenvalue weighted by Gasteiger charge is -2.28.